The molecule has 1 atom stereocenters. The van der Waals surface area contributed by atoms with E-state index < -0.39 is 23.8 Å². The Balaban J connectivity index is 1.43. The van der Waals surface area contributed by atoms with Gasteiger partial charge >= 0.3 is 6.18 Å². The summed E-state index contributed by atoms with van der Waals surface area (Å²) in [6, 6.07) is 8.02. The van der Waals surface area contributed by atoms with Crippen LogP contribution in [0.4, 0.5) is 23.4 Å². The fourth-order valence-corrected chi connectivity index (χ4v) is 4.14. The van der Waals surface area contributed by atoms with E-state index in [1.165, 1.54) is 16.7 Å². The highest BCUT2D eigenvalue weighted by molar-refractivity contribution is 5.61. The predicted molar refractivity (Wildman–Crippen MR) is 115 cm³/mol. The molecule has 12 heteroatoms. The van der Waals surface area contributed by atoms with E-state index in [1.807, 2.05) is 11.0 Å². The minimum absolute atomic E-state index is 0.00801. The number of fused-ring (bicyclic) bond motifs is 1. The molecule has 1 aliphatic heterocycles. The van der Waals surface area contributed by atoms with Gasteiger partial charge in [-0.15, -0.1) is 0 Å². The molecule has 8 nitrogen and oxygen atoms in total. The number of alkyl halides is 3. The van der Waals surface area contributed by atoms with Crippen LogP contribution in [0, 0.1) is 5.82 Å². The van der Waals surface area contributed by atoms with Gasteiger partial charge in [0.1, 0.15) is 23.2 Å². The molecular weight excluding hydrogens is 454 g/mol. The molecule has 178 valence electrons. The minimum Gasteiger partial charge on any atom is -0.389 e. The van der Waals surface area contributed by atoms with Gasteiger partial charge < -0.3 is 14.6 Å². The molecule has 0 spiro atoms. The largest absolute Gasteiger partial charge is 0.434 e. The normalized spacial score (nSPS) is 16.2. The van der Waals surface area contributed by atoms with Crippen LogP contribution in [0.3, 0.4) is 0 Å². The Bertz CT molecular complexity index is 1310. The number of hydrogen-bond acceptors (Lipinski definition) is 5. The first-order valence-electron chi connectivity index (χ1n) is 10.7. The van der Waals surface area contributed by atoms with Gasteiger partial charge in [0.2, 0.25) is 0 Å². The number of H-pyrrole nitrogens is 1. The number of rotatable bonds is 5. The number of β-amino-alcohol motifs (C(OH)–C–C–N with tert-alkyl or cyclic N) is 1. The van der Waals surface area contributed by atoms with Crippen molar-refractivity contribution >= 4 is 5.82 Å². The molecule has 0 bridgehead atoms. The summed E-state index contributed by atoms with van der Waals surface area (Å²) in [4.78, 5) is 5.51. The van der Waals surface area contributed by atoms with E-state index in [0.29, 0.717) is 24.3 Å². The molecule has 0 saturated heterocycles. The lowest BCUT2D eigenvalue weighted by Gasteiger charge is -2.32. The number of nitrogens with one attached hydrogen (secondary N) is 1. The monoisotopic (exact) mass is 475 g/mol. The summed E-state index contributed by atoms with van der Waals surface area (Å²) in [5.74, 6) is 0.0148. The number of nitrogens with zero attached hydrogens (tertiary/aromatic N) is 6. The highest BCUT2D eigenvalue weighted by Gasteiger charge is 2.35. The molecule has 3 aromatic heterocycles. The van der Waals surface area contributed by atoms with Crippen LogP contribution in [0.1, 0.15) is 18.2 Å². The van der Waals surface area contributed by atoms with Crippen molar-refractivity contribution in [3.8, 4) is 22.8 Å². The van der Waals surface area contributed by atoms with Crippen LogP contribution in [0.5, 0.6) is 0 Å². The van der Waals surface area contributed by atoms with Crippen molar-refractivity contribution in [2.24, 2.45) is 0 Å². The van der Waals surface area contributed by atoms with Crippen molar-refractivity contribution < 1.29 is 22.7 Å². The molecule has 0 fully saturated rings. The van der Waals surface area contributed by atoms with E-state index in [2.05, 4.69) is 20.3 Å². The van der Waals surface area contributed by atoms with E-state index in [9.17, 15) is 18.3 Å². The molecule has 0 radical (unpaired) electrons. The number of aliphatic hydroxyl groups excluding tert-OH is 1. The van der Waals surface area contributed by atoms with E-state index in [1.54, 1.807) is 29.9 Å². The van der Waals surface area contributed by atoms with Crippen LogP contribution in [0.25, 0.3) is 22.8 Å². The molecular formula is C22H21F4N7O. The predicted octanol–water partition coefficient (Wildman–Crippen LogP) is 3.70. The van der Waals surface area contributed by atoms with Gasteiger partial charge in [-0.3, -0.25) is 5.10 Å². The van der Waals surface area contributed by atoms with E-state index in [4.69, 9.17) is 0 Å². The number of aromatic amines is 1. The molecule has 0 saturated carbocycles. The quantitative estimate of drug-likeness (QED) is 0.430. The van der Waals surface area contributed by atoms with Crippen molar-refractivity contribution in [2.45, 2.75) is 38.8 Å². The maximum absolute atomic E-state index is 15.0. The smallest absolute Gasteiger partial charge is 0.389 e. The summed E-state index contributed by atoms with van der Waals surface area (Å²) in [5.41, 5.74) is 0.927. The number of benzene rings is 1. The molecule has 4 heterocycles. The number of halogens is 4. The van der Waals surface area contributed by atoms with Gasteiger partial charge in [0.15, 0.2) is 5.69 Å². The van der Waals surface area contributed by atoms with Gasteiger partial charge in [-0.2, -0.15) is 23.4 Å². The number of aryl methyl sites for hydroxylation is 1. The van der Waals surface area contributed by atoms with Crippen LogP contribution in [0.2, 0.25) is 0 Å². The van der Waals surface area contributed by atoms with Crippen molar-refractivity contribution in [3.63, 3.8) is 0 Å². The van der Waals surface area contributed by atoms with Gasteiger partial charge in [-0.05, 0) is 30.7 Å². The second kappa shape index (κ2) is 8.28. The maximum atomic E-state index is 15.0. The Morgan fingerprint density at radius 2 is 2.00 bits per heavy atom. The lowest BCUT2D eigenvalue weighted by atomic mass is 10.1. The fourth-order valence-electron chi connectivity index (χ4n) is 4.14. The molecule has 4 aromatic rings. The van der Waals surface area contributed by atoms with E-state index in [0.717, 1.165) is 17.7 Å². The standard InChI is InChI=1S/C22H21F4N7O/c1-2-31-12-19(22(24,25)26)28-21(31)15-4-3-13(7-16(15)23)9-32-10-14(34)11-33-20(32)8-18(30-33)17-5-6-27-29-17/h3-8,12,14,34H,2,9-11H2,1H3,(H,27,29). The molecule has 1 aliphatic rings. The second-order valence-corrected chi connectivity index (χ2v) is 8.12. The van der Waals surface area contributed by atoms with Crippen molar-refractivity contribution in [1.82, 2.24) is 29.5 Å². The summed E-state index contributed by atoms with van der Waals surface area (Å²) in [7, 11) is 0. The Labute approximate surface area is 191 Å². The molecule has 1 unspecified atom stereocenters. The molecule has 2 N–H and O–H groups in total. The van der Waals surface area contributed by atoms with E-state index in [-0.39, 0.29) is 24.5 Å². The molecule has 0 aliphatic carbocycles. The summed E-state index contributed by atoms with van der Waals surface area (Å²) in [6.07, 6.45) is -2.77. The number of imidazole rings is 1. The van der Waals surface area contributed by atoms with Crippen LogP contribution >= 0.6 is 0 Å². The summed E-state index contributed by atoms with van der Waals surface area (Å²) in [5, 5.41) is 21.6. The van der Waals surface area contributed by atoms with Gasteiger partial charge in [-0.1, -0.05) is 6.07 Å². The maximum Gasteiger partial charge on any atom is 0.434 e. The lowest BCUT2D eigenvalue weighted by molar-refractivity contribution is -0.140. The first kappa shape index (κ1) is 22.1. The highest BCUT2D eigenvalue weighted by Crippen LogP contribution is 2.33. The average molecular weight is 475 g/mol. The topological polar surface area (TPSA) is 87.8 Å². The van der Waals surface area contributed by atoms with Crippen molar-refractivity contribution in [3.05, 3.63) is 59.8 Å². The molecule has 1 aromatic carbocycles. The van der Waals surface area contributed by atoms with Gasteiger partial charge in [0.25, 0.3) is 0 Å². The number of hydrogen-bond donors (Lipinski definition) is 2. The average Bonchev–Trinajstić information content (AvgIpc) is 3.52. The number of aliphatic hydroxyl groups is 1. The van der Waals surface area contributed by atoms with Gasteiger partial charge in [-0.25, -0.2) is 14.1 Å². The van der Waals surface area contributed by atoms with Crippen LogP contribution in [-0.2, 0) is 25.8 Å². The van der Waals surface area contributed by atoms with Gasteiger partial charge in [0.05, 0.1) is 23.9 Å². The third-order valence-corrected chi connectivity index (χ3v) is 5.73. The Morgan fingerprint density at radius 3 is 2.68 bits per heavy atom. The fraction of sp³-hybridized carbons (Fsp3) is 0.318. The van der Waals surface area contributed by atoms with E-state index >= 15 is 4.39 Å². The third kappa shape index (κ3) is 4.04. The minimum atomic E-state index is -4.61. The summed E-state index contributed by atoms with van der Waals surface area (Å²) >= 11 is 0. The summed E-state index contributed by atoms with van der Waals surface area (Å²) < 4.78 is 57.3. The molecule has 5 rings (SSSR count). The van der Waals surface area contributed by atoms with Crippen LogP contribution in [0.15, 0.2) is 42.7 Å². The Hall–Kier alpha value is -3.67. The van der Waals surface area contributed by atoms with Crippen molar-refractivity contribution in [1.29, 1.82) is 0 Å². The highest BCUT2D eigenvalue weighted by atomic mass is 19.4. The SMILES string of the molecule is CCn1cc(C(F)(F)F)nc1-c1ccc(CN2CC(O)Cn3nc(-c4ccn[nH]4)cc32)cc1F. The van der Waals surface area contributed by atoms with Gasteiger partial charge in [0, 0.05) is 38.1 Å². The first-order valence-corrected chi connectivity index (χ1v) is 10.7. The third-order valence-electron chi connectivity index (χ3n) is 5.73. The van der Waals surface area contributed by atoms with Crippen molar-refractivity contribution in [2.75, 3.05) is 11.4 Å². The lowest BCUT2D eigenvalue weighted by Crippen LogP contribution is -2.41. The van der Waals surface area contributed by atoms with Crippen LogP contribution in [-0.4, -0.2) is 47.3 Å². The number of aromatic nitrogens is 6. The second-order valence-electron chi connectivity index (χ2n) is 8.12. The number of anilines is 1. The zero-order valence-corrected chi connectivity index (χ0v) is 18.1. The first-order chi connectivity index (χ1) is 16.2. The zero-order valence-electron chi connectivity index (χ0n) is 18.1. The molecule has 34 heavy (non-hydrogen) atoms. The zero-order chi connectivity index (χ0) is 24.0. The Morgan fingerprint density at radius 1 is 1.18 bits per heavy atom. The Kier molecular flexibility index (Phi) is 5.39. The van der Waals surface area contributed by atoms with Crippen LogP contribution < -0.4 is 4.90 Å². The molecule has 0 amide bonds. The summed E-state index contributed by atoms with van der Waals surface area (Å²) in [6.45, 7) is 2.81.